The van der Waals surface area contributed by atoms with Crippen molar-refractivity contribution < 1.29 is 24.7 Å². The van der Waals surface area contributed by atoms with Crippen molar-refractivity contribution in [3.8, 4) is 0 Å². The van der Waals surface area contributed by atoms with Gasteiger partial charge in [0.1, 0.15) is 5.56 Å². The number of carboxylic acids is 2. The molecule has 0 unspecified atom stereocenters. The van der Waals surface area contributed by atoms with Gasteiger partial charge in [-0.25, -0.2) is 9.59 Å². The van der Waals surface area contributed by atoms with Crippen LogP contribution >= 0.6 is 0 Å². The molecule has 0 spiro atoms. The number of carboxylic acid groups (broad SMARTS) is 2. The SMILES string of the molecule is O=C(O)C=Cc1cccc([N+](=O)[O-])c1C(=O)O. The highest BCUT2D eigenvalue weighted by atomic mass is 16.6. The molecule has 0 aliphatic rings. The normalized spacial score (nSPS) is 10.4. The molecule has 2 N–H and O–H groups in total. The summed E-state index contributed by atoms with van der Waals surface area (Å²) in [6.45, 7) is 0. The average Bonchev–Trinajstić information content (AvgIpc) is 2.25. The number of hydrogen-bond acceptors (Lipinski definition) is 4. The summed E-state index contributed by atoms with van der Waals surface area (Å²) < 4.78 is 0. The van der Waals surface area contributed by atoms with Gasteiger partial charge in [0.15, 0.2) is 0 Å². The molecule has 0 aromatic heterocycles. The molecule has 0 fully saturated rings. The summed E-state index contributed by atoms with van der Waals surface area (Å²) in [5.41, 5.74) is -1.14. The molecule has 7 nitrogen and oxygen atoms in total. The van der Waals surface area contributed by atoms with Crippen LogP contribution in [0, 0.1) is 10.1 Å². The molecule has 1 aromatic carbocycles. The Morgan fingerprint density at radius 1 is 1.29 bits per heavy atom. The molecule has 0 atom stereocenters. The average molecular weight is 237 g/mol. The van der Waals surface area contributed by atoms with Crippen LogP contribution in [-0.4, -0.2) is 27.1 Å². The fourth-order valence-electron chi connectivity index (χ4n) is 1.24. The van der Waals surface area contributed by atoms with E-state index in [-0.39, 0.29) is 5.56 Å². The molecule has 7 heteroatoms. The molecule has 1 aromatic rings. The van der Waals surface area contributed by atoms with Crippen LogP contribution in [0.4, 0.5) is 5.69 Å². The minimum absolute atomic E-state index is 0.0332. The van der Waals surface area contributed by atoms with Crippen LogP contribution in [0.15, 0.2) is 24.3 Å². The van der Waals surface area contributed by atoms with E-state index in [4.69, 9.17) is 10.2 Å². The number of rotatable bonds is 4. The van der Waals surface area contributed by atoms with Crippen molar-refractivity contribution in [3.05, 3.63) is 45.5 Å². The molecule has 0 saturated carbocycles. The van der Waals surface area contributed by atoms with Crippen molar-refractivity contribution in [2.45, 2.75) is 0 Å². The zero-order valence-corrected chi connectivity index (χ0v) is 8.36. The van der Waals surface area contributed by atoms with Crippen molar-refractivity contribution in [1.29, 1.82) is 0 Å². The van der Waals surface area contributed by atoms with Crippen LogP contribution < -0.4 is 0 Å². The number of benzene rings is 1. The number of carbonyl (C=O) groups is 2. The molecular weight excluding hydrogens is 230 g/mol. The third-order valence-corrected chi connectivity index (χ3v) is 1.89. The maximum atomic E-state index is 10.9. The van der Waals surface area contributed by atoms with Gasteiger partial charge in [0, 0.05) is 12.1 Å². The van der Waals surface area contributed by atoms with E-state index in [9.17, 15) is 19.7 Å². The second-order valence-corrected chi connectivity index (χ2v) is 2.98. The first kappa shape index (κ1) is 12.4. The van der Waals surface area contributed by atoms with Gasteiger partial charge in [-0.15, -0.1) is 0 Å². The lowest BCUT2D eigenvalue weighted by molar-refractivity contribution is -0.385. The van der Waals surface area contributed by atoms with Crippen LogP contribution in [0.5, 0.6) is 0 Å². The summed E-state index contributed by atoms with van der Waals surface area (Å²) in [6.07, 6.45) is 1.71. The maximum absolute atomic E-state index is 10.9. The van der Waals surface area contributed by atoms with Gasteiger partial charge >= 0.3 is 11.9 Å². The van der Waals surface area contributed by atoms with Crippen LogP contribution in [-0.2, 0) is 4.79 Å². The van der Waals surface area contributed by atoms with Gasteiger partial charge in [-0.1, -0.05) is 12.1 Å². The number of aromatic carboxylic acids is 1. The van der Waals surface area contributed by atoms with E-state index in [1.54, 1.807) is 0 Å². The quantitative estimate of drug-likeness (QED) is 0.464. The third-order valence-electron chi connectivity index (χ3n) is 1.89. The predicted molar refractivity (Wildman–Crippen MR) is 56.7 cm³/mol. The monoisotopic (exact) mass is 237 g/mol. The van der Waals surface area contributed by atoms with E-state index < -0.39 is 28.1 Å². The van der Waals surface area contributed by atoms with Crippen molar-refractivity contribution in [1.82, 2.24) is 0 Å². The van der Waals surface area contributed by atoms with E-state index in [2.05, 4.69) is 0 Å². The maximum Gasteiger partial charge on any atom is 0.343 e. The van der Waals surface area contributed by atoms with Gasteiger partial charge in [-0.3, -0.25) is 10.1 Å². The Kier molecular flexibility index (Phi) is 3.55. The molecule has 0 heterocycles. The smallest absolute Gasteiger partial charge is 0.343 e. The molecule has 0 radical (unpaired) electrons. The van der Waals surface area contributed by atoms with Crippen molar-refractivity contribution in [2.75, 3.05) is 0 Å². The number of hydrogen-bond donors (Lipinski definition) is 2. The molecule has 17 heavy (non-hydrogen) atoms. The Hall–Kier alpha value is -2.70. The van der Waals surface area contributed by atoms with Gasteiger partial charge in [0.05, 0.1) is 4.92 Å². The van der Waals surface area contributed by atoms with Gasteiger partial charge in [-0.2, -0.15) is 0 Å². The minimum atomic E-state index is -1.48. The zero-order valence-electron chi connectivity index (χ0n) is 8.36. The first-order valence-electron chi connectivity index (χ1n) is 4.35. The Bertz CT molecular complexity index is 520. The molecule has 88 valence electrons. The van der Waals surface area contributed by atoms with Gasteiger partial charge in [-0.05, 0) is 11.6 Å². The van der Waals surface area contributed by atoms with Crippen LogP contribution in [0.25, 0.3) is 6.08 Å². The molecule has 0 aliphatic heterocycles. The molecule has 0 amide bonds. The third kappa shape index (κ3) is 2.88. The van der Waals surface area contributed by atoms with Gasteiger partial charge < -0.3 is 10.2 Å². The fourth-order valence-corrected chi connectivity index (χ4v) is 1.24. The van der Waals surface area contributed by atoms with Crippen molar-refractivity contribution in [3.63, 3.8) is 0 Å². The number of nitrogens with zero attached hydrogens (tertiary/aromatic N) is 1. The molecular formula is C10H7NO6. The second kappa shape index (κ2) is 4.88. The topological polar surface area (TPSA) is 118 Å². The Morgan fingerprint density at radius 3 is 2.41 bits per heavy atom. The first-order valence-corrected chi connectivity index (χ1v) is 4.35. The zero-order chi connectivity index (χ0) is 13.0. The molecule has 0 aliphatic carbocycles. The summed E-state index contributed by atoms with van der Waals surface area (Å²) in [6, 6.07) is 3.61. The van der Waals surface area contributed by atoms with Crippen LogP contribution in [0.1, 0.15) is 15.9 Å². The van der Waals surface area contributed by atoms with E-state index >= 15 is 0 Å². The summed E-state index contributed by atoms with van der Waals surface area (Å²) in [5, 5.41) is 27.9. The summed E-state index contributed by atoms with van der Waals surface area (Å²) in [4.78, 5) is 31.0. The summed E-state index contributed by atoms with van der Waals surface area (Å²) in [5.74, 6) is -2.75. The highest BCUT2D eigenvalue weighted by Crippen LogP contribution is 2.23. The first-order chi connectivity index (χ1) is 7.93. The lowest BCUT2D eigenvalue weighted by Crippen LogP contribution is -2.05. The lowest BCUT2D eigenvalue weighted by atomic mass is 10.1. The van der Waals surface area contributed by atoms with Crippen LogP contribution in [0.3, 0.4) is 0 Å². The highest BCUT2D eigenvalue weighted by molar-refractivity contribution is 5.98. The van der Waals surface area contributed by atoms with E-state index in [1.807, 2.05) is 0 Å². The minimum Gasteiger partial charge on any atom is -0.478 e. The number of aliphatic carboxylic acids is 1. The summed E-state index contributed by atoms with van der Waals surface area (Å²) >= 11 is 0. The Balaban J connectivity index is 3.40. The number of nitro groups is 1. The van der Waals surface area contributed by atoms with E-state index in [1.165, 1.54) is 12.1 Å². The van der Waals surface area contributed by atoms with Crippen molar-refractivity contribution in [2.24, 2.45) is 0 Å². The predicted octanol–water partition coefficient (Wildman–Crippen LogP) is 1.39. The molecule has 1 rings (SSSR count). The lowest BCUT2D eigenvalue weighted by Gasteiger charge is -2.01. The van der Waals surface area contributed by atoms with Crippen LogP contribution in [0.2, 0.25) is 0 Å². The number of nitro benzene ring substituents is 1. The van der Waals surface area contributed by atoms with E-state index in [0.29, 0.717) is 6.08 Å². The second-order valence-electron chi connectivity index (χ2n) is 2.98. The largest absolute Gasteiger partial charge is 0.478 e. The Labute approximate surface area is 94.8 Å². The van der Waals surface area contributed by atoms with E-state index in [0.717, 1.165) is 12.1 Å². The van der Waals surface area contributed by atoms with Crippen molar-refractivity contribution >= 4 is 23.7 Å². The Morgan fingerprint density at radius 2 is 1.94 bits per heavy atom. The summed E-state index contributed by atoms with van der Waals surface area (Å²) in [7, 11) is 0. The highest BCUT2D eigenvalue weighted by Gasteiger charge is 2.22. The molecule has 0 saturated heterocycles. The molecule has 0 bridgehead atoms. The van der Waals surface area contributed by atoms with Gasteiger partial charge in [0.25, 0.3) is 5.69 Å². The van der Waals surface area contributed by atoms with Gasteiger partial charge in [0.2, 0.25) is 0 Å². The standard InChI is InChI=1S/C10H7NO6/c12-8(13)5-4-6-2-1-3-7(11(16)17)9(6)10(14)15/h1-5H,(H,12,13)(H,14,15). The fraction of sp³-hybridized carbons (Fsp3) is 0.